The molecule has 1 atom stereocenters. The molecule has 4 rings (SSSR count). The highest BCUT2D eigenvalue weighted by atomic mass is 35.5. The third kappa shape index (κ3) is 5.18. The molecule has 8 nitrogen and oxygen atoms in total. The van der Waals surface area contributed by atoms with Crippen LogP contribution >= 0.6 is 11.6 Å². The van der Waals surface area contributed by atoms with E-state index in [9.17, 15) is 27.6 Å². The van der Waals surface area contributed by atoms with Gasteiger partial charge in [0, 0.05) is 42.2 Å². The topological polar surface area (TPSA) is 96.3 Å². The van der Waals surface area contributed by atoms with Gasteiger partial charge in [-0.2, -0.15) is 13.2 Å². The lowest BCUT2D eigenvalue weighted by atomic mass is 9.79. The Bertz CT molecular complexity index is 1290. The Kier molecular flexibility index (Phi) is 7.29. The fourth-order valence-corrected chi connectivity index (χ4v) is 5.13. The second-order valence-electron chi connectivity index (χ2n) is 9.95. The van der Waals surface area contributed by atoms with E-state index < -0.39 is 28.7 Å². The number of nitrogens with one attached hydrogen (secondary N) is 2. The molecule has 0 unspecified atom stereocenters. The van der Waals surface area contributed by atoms with Crippen LogP contribution in [0.1, 0.15) is 66.8 Å². The molecular formula is C25H29ClF3N5O3. The van der Waals surface area contributed by atoms with Crippen LogP contribution in [0.4, 0.5) is 19.1 Å². The van der Waals surface area contributed by atoms with Gasteiger partial charge in [0.1, 0.15) is 0 Å². The average Bonchev–Trinajstić information content (AvgIpc) is 2.78. The number of carbonyl (C=O) groups is 2. The van der Waals surface area contributed by atoms with Crippen LogP contribution in [-0.4, -0.2) is 45.4 Å². The minimum atomic E-state index is -4.70. The van der Waals surface area contributed by atoms with E-state index in [1.54, 1.807) is 18.5 Å². The van der Waals surface area contributed by atoms with Gasteiger partial charge < -0.3 is 15.5 Å². The van der Waals surface area contributed by atoms with Gasteiger partial charge in [-0.05, 0) is 58.2 Å². The van der Waals surface area contributed by atoms with Crippen molar-refractivity contribution < 1.29 is 22.8 Å². The molecule has 2 amide bonds. The summed E-state index contributed by atoms with van der Waals surface area (Å²) < 4.78 is 41.6. The quantitative estimate of drug-likeness (QED) is 0.598. The summed E-state index contributed by atoms with van der Waals surface area (Å²) in [6, 6.07) is 2.41. The molecular weight excluding hydrogens is 511 g/mol. The molecule has 1 aliphatic carbocycles. The minimum Gasteiger partial charge on any atom is -0.359 e. The smallest absolute Gasteiger partial charge is 0.359 e. The van der Waals surface area contributed by atoms with Gasteiger partial charge in [0.05, 0.1) is 22.8 Å². The molecule has 0 bridgehead atoms. The van der Waals surface area contributed by atoms with Crippen LogP contribution in [-0.2, 0) is 23.9 Å². The SMILES string of the molecule is CNC(=O)[C@H]1C[C@@H](n2c(NC(C)C)nc3c(c2=O)C[C@@H](C)N(C(=O)c2ccc(Cl)c(C(F)(F)F)c2)C3)C1. The van der Waals surface area contributed by atoms with Crippen LogP contribution in [0.3, 0.4) is 0 Å². The first kappa shape index (κ1) is 27.0. The van der Waals surface area contributed by atoms with E-state index in [1.807, 2.05) is 13.8 Å². The number of benzene rings is 1. The first-order chi connectivity index (χ1) is 17.3. The first-order valence-electron chi connectivity index (χ1n) is 12.1. The lowest BCUT2D eigenvalue weighted by Crippen LogP contribution is -2.48. The molecule has 1 aliphatic heterocycles. The van der Waals surface area contributed by atoms with Crippen molar-refractivity contribution in [2.24, 2.45) is 5.92 Å². The predicted octanol–water partition coefficient (Wildman–Crippen LogP) is 4.02. The molecule has 200 valence electrons. The molecule has 0 spiro atoms. The van der Waals surface area contributed by atoms with Gasteiger partial charge in [-0.25, -0.2) is 4.98 Å². The number of alkyl halides is 3. The van der Waals surface area contributed by atoms with E-state index in [-0.39, 0.29) is 48.0 Å². The second-order valence-corrected chi connectivity index (χ2v) is 10.4. The summed E-state index contributed by atoms with van der Waals surface area (Å²) in [7, 11) is 1.58. The lowest BCUT2D eigenvalue weighted by molar-refractivity contribution is -0.137. The fourth-order valence-electron chi connectivity index (χ4n) is 4.90. The average molecular weight is 540 g/mol. The van der Waals surface area contributed by atoms with Crippen molar-refractivity contribution in [3.05, 3.63) is 56.0 Å². The summed E-state index contributed by atoms with van der Waals surface area (Å²) in [5, 5.41) is 5.35. The molecule has 2 N–H and O–H groups in total. The lowest BCUT2D eigenvalue weighted by Gasteiger charge is -2.39. The zero-order valence-electron chi connectivity index (χ0n) is 20.9. The van der Waals surface area contributed by atoms with Crippen LogP contribution in [0.2, 0.25) is 5.02 Å². The summed E-state index contributed by atoms with van der Waals surface area (Å²) in [4.78, 5) is 45.0. The Balaban J connectivity index is 1.67. The Hall–Kier alpha value is -3.08. The Labute approximate surface area is 217 Å². The number of nitrogens with zero attached hydrogens (tertiary/aromatic N) is 3. The van der Waals surface area contributed by atoms with Gasteiger partial charge in [0.15, 0.2) is 0 Å². The highest BCUT2D eigenvalue weighted by Gasteiger charge is 2.40. The molecule has 0 saturated heterocycles. The fraction of sp³-hybridized carbons (Fsp3) is 0.520. The van der Waals surface area contributed by atoms with E-state index in [4.69, 9.17) is 16.6 Å². The van der Waals surface area contributed by atoms with Gasteiger partial charge in [-0.1, -0.05) is 11.6 Å². The number of halogens is 4. The van der Waals surface area contributed by atoms with Crippen molar-refractivity contribution in [2.75, 3.05) is 12.4 Å². The molecule has 1 fully saturated rings. The highest BCUT2D eigenvalue weighted by Crippen LogP contribution is 2.39. The molecule has 0 radical (unpaired) electrons. The minimum absolute atomic E-state index is 0.0201. The number of carbonyl (C=O) groups excluding carboxylic acids is 2. The monoisotopic (exact) mass is 539 g/mol. The molecule has 1 saturated carbocycles. The third-order valence-electron chi connectivity index (χ3n) is 6.94. The van der Waals surface area contributed by atoms with Crippen molar-refractivity contribution in [1.29, 1.82) is 0 Å². The maximum absolute atomic E-state index is 13.6. The number of rotatable bonds is 5. The Morgan fingerprint density at radius 2 is 1.89 bits per heavy atom. The van der Waals surface area contributed by atoms with Crippen LogP contribution in [0.15, 0.2) is 23.0 Å². The maximum atomic E-state index is 13.6. The Morgan fingerprint density at radius 3 is 2.49 bits per heavy atom. The highest BCUT2D eigenvalue weighted by molar-refractivity contribution is 6.31. The molecule has 2 heterocycles. The molecule has 2 aromatic rings. The molecule has 2 aliphatic rings. The Morgan fingerprint density at radius 1 is 1.22 bits per heavy atom. The van der Waals surface area contributed by atoms with Crippen molar-refractivity contribution in [3.8, 4) is 0 Å². The number of amides is 2. The van der Waals surface area contributed by atoms with Gasteiger partial charge in [0.2, 0.25) is 11.9 Å². The van der Waals surface area contributed by atoms with Gasteiger partial charge >= 0.3 is 6.18 Å². The number of anilines is 1. The van der Waals surface area contributed by atoms with Crippen LogP contribution in [0, 0.1) is 5.92 Å². The molecule has 1 aromatic heterocycles. The summed E-state index contributed by atoms with van der Waals surface area (Å²) in [6.07, 6.45) is -3.45. The summed E-state index contributed by atoms with van der Waals surface area (Å²) in [6.45, 7) is 5.53. The summed E-state index contributed by atoms with van der Waals surface area (Å²) in [5.41, 5.74) is -0.566. The summed E-state index contributed by atoms with van der Waals surface area (Å²) in [5.74, 6) is -0.478. The molecule has 37 heavy (non-hydrogen) atoms. The first-order valence-corrected chi connectivity index (χ1v) is 12.5. The zero-order chi connectivity index (χ0) is 27.2. The molecule has 1 aromatic carbocycles. The second kappa shape index (κ2) is 10.00. The van der Waals surface area contributed by atoms with E-state index in [2.05, 4.69) is 10.6 Å². The predicted molar refractivity (Wildman–Crippen MR) is 133 cm³/mol. The van der Waals surface area contributed by atoms with Crippen molar-refractivity contribution in [2.45, 2.75) is 70.9 Å². The van der Waals surface area contributed by atoms with Gasteiger partial charge in [-0.3, -0.25) is 19.0 Å². The number of aromatic nitrogens is 2. The van der Waals surface area contributed by atoms with Gasteiger partial charge in [0.25, 0.3) is 11.5 Å². The zero-order valence-corrected chi connectivity index (χ0v) is 21.7. The van der Waals surface area contributed by atoms with Gasteiger partial charge in [-0.15, -0.1) is 0 Å². The molecule has 12 heteroatoms. The number of hydrogen-bond acceptors (Lipinski definition) is 5. The largest absolute Gasteiger partial charge is 0.417 e. The van der Waals surface area contributed by atoms with Crippen LogP contribution in [0.25, 0.3) is 0 Å². The van der Waals surface area contributed by atoms with E-state index in [0.717, 1.165) is 12.1 Å². The number of fused-ring (bicyclic) bond motifs is 1. The number of hydrogen-bond donors (Lipinski definition) is 2. The van der Waals surface area contributed by atoms with Crippen molar-refractivity contribution in [3.63, 3.8) is 0 Å². The maximum Gasteiger partial charge on any atom is 0.417 e. The normalized spacial score (nSPS) is 21.3. The van der Waals surface area contributed by atoms with Crippen molar-refractivity contribution >= 4 is 29.4 Å². The van der Waals surface area contributed by atoms with Crippen LogP contribution < -0.4 is 16.2 Å². The van der Waals surface area contributed by atoms with Crippen molar-refractivity contribution in [1.82, 2.24) is 19.8 Å². The van der Waals surface area contributed by atoms with E-state index in [1.165, 1.54) is 11.0 Å². The van der Waals surface area contributed by atoms with E-state index in [0.29, 0.717) is 30.0 Å². The standard InChI is InChI=1S/C25H29ClF3N5O3/c1-12(2)31-24-32-20-11-33(22(36)14-5-6-19(26)18(10-14)25(27,28)29)13(3)7-17(20)23(37)34(24)16-8-15(9-16)21(35)30-4/h5-6,10,12-13,15-16H,7-9,11H2,1-4H3,(H,30,35)(H,31,32)/t13-,15-,16+/m1/s1. The summed E-state index contributed by atoms with van der Waals surface area (Å²) >= 11 is 5.71. The van der Waals surface area contributed by atoms with E-state index >= 15 is 0 Å². The third-order valence-corrected chi connectivity index (χ3v) is 7.27. The van der Waals surface area contributed by atoms with Crippen LogP contribution in [0.5, 0.6) is 0 Å².